The molecule has 1 heterocycles. The van der Waals surface area contributed by atoms with Crippen LogP contribution < -0.4 is 10.1 Å². The first-order valence-electron chi connectivity index (χ1n) is 8.03. The maximum atomic E-state index is 9.17. The standard InChI is InChI=1S/C19H21N3O/c1-23-18-8-3-2-6-15(18)11-13-21-19-12-5-4-7-16(19)9-10-17(14-20)22-19/h2-3,6-10,21H,4-5,11-13H2,1H3. The van der Waals surface area contributed by atoms with Gasteiger partial charge in [-0.1, -0.05) is 30.4 Å². The van der Waals surface area contributed by atoms with Gasteiger partial charge in [-0.3, -0.25) is 5.32 Å². The minimum atomic E-state index is -0.430. The Morgan fingerprint density at radius 1 is 1.35 bits per heavy atom. The predicted octanol–water partition coefficient (Wildman–Crippen LogP) is 3.17. The number of allylic oxidation sites excluding steroid dienone is 2. The second-order valence-electron chi connectivity index (χ2n) is 5.84. The molecule has 1 aromatic rings. The van der Waals surface area contributed by atoms with Crippen molar-refractivity contribution < 1.29 is 4.74 Å². The Morgan fingerprint density at radius 2 is 2.22 bits per heavy atom. The van der Waals surface area contributed by atoms with Gasteiger partial charge in [0.1, 0.15) is 23.2 Å². The summed E-state index contributed by atoms with van der Waals surface area (Å²) in [5.74, 6) is 0.913. The number of hydrogen-bond donors (Lipinski definition) is 1. The summed E-state index contributed by atoms with van der Waals surface area (Å²) in [6.45, 7) is 0.785. The monoisotopic (exact) mass is 307 g/mol. The number of hydrogen-bond acceptors (Lipinski definition) is 4. The van der Waals surface area contributed by atoms with Gasteiger partial charge in [0.15, 0.2) is 0 Å². The van der Waals surface area contributed by atoms with E-state index in [0.29, 0.717) is 5.71 Å². The van der Waals surface area contributed by atoms with Gasteiger partial charge < -0.3 is 4.74 Å². The van der Waals surface area contributed by atoms with Crippen LogP contribution in [-0.4, -0.2) is 25.0 Å². The van der Waals surface area contributed by atoms with Gasteiger partial charge in [-0.05, 0) is 49.0 Å². The summed E-state index contributed by atoms with van der Waals surface area (Å²) in [5.41, 5.74) is 2.42. The summed E-state index contributed by atoms with van der Waals surface area (Å²) in [6, 6.07) is 10.2. The molecule has 4 heteroatoms. The van der Waals surface area contributed by atoms with Crippen LogP contribution in [0.3, 0.4) is 0 Å². The lowest BCUT2D eigenvalue weighted by atomic mass is 9.85. The highest BCUT2D eigenvalue weighted by Crippen LogP contribution is 2.34. The average molecular weight is 307 g/mol. The van der Waals surface area contributed by atoms with Gasteiger partial charge in [-0.25, -0.2) is 4.99 Å². The van der Waals surface area contributed by atoms with Crippen LogP contribution in [0.5, 0.6) is 5.75 Å². The number of nitrogens with zero attached hydrogens (tertiary/aromatic N) is 2. The van der Waals surface area contributed by atoms with Crippen molar-refractivity contribution in [2.24, 2.45) is 4.99 Å². The summed E-state index contributed by atoms with van der Waals surface area (Å²) in [4.78, 5) is 4.69. The third-order valence-corrected chi connectivity index (χ3v) is 4.44. The molecule has 1 aliphatic heterocycles. The third-order valence-electron chi connectivity index (χ3n) is 4.44. The number of para-hydroxylation sites is 1. The van der Waals surface area contributed by atoms with Gasteiger partial charge >= 0.3 is 0 Å². The second-order valence-corrected chi connectivity index (χ2v) is 5.84. The Balaban J connectivity index is 1.74. The third kappa shape index (κ3) is 3.20. The van der Waals surface area contributed by atoms with Crippen LogP contribution in [0.2, 0.25) is 0 Å². The zero-order chi connectivity index (χ0) is 16.1. The van der Waals surface area contributed by atoms with Gasteiger partial charge in [0.2, 0.25) is 0 Å². The van der Waals surface area contributed by atoms with E-state index in [1.807, 2.05) is 24.3 Å². The first kappa shape index (κ1) is 15.5. The van der Waals surface area contributed by atoms with E-state index in [1.54, 1.807) is 13.2 Å². The van der Waals surface area contributed by atoms with Crippen LogP contribution in [0.15, 0.2) is 53.1 Å². The normalized spacial score (nSPS) is 22.6. The van der Waals surface area contributed by atoms with Crippen LogP contribution in [0.1, 0.15) is 24.8 Å². The Bertz CT molecular complexity index is 712. The van der Waals surface area contributed by atoms with E-state index < -0.39 is 5.66 Å². The van der Waals surface area contributed by atoms with Crippen molar-refractivity contribution in [3.8, 4) is 11.8 Å². The quantitative estimate of drug-likeness (QED) is 0.909. The van der Waals surface area contributed by atoms with Gasteiger partial charge in [0, 0.05) is 6.54 Å². The fourth-order valence-electron chi connectivity index (χ4n) is 3.27. The first-order chi connectivity index (χ1) is 11.3. The topological polar surface area (TPSA) is 57.4 Å². The van der Waals surface area contributed by atoms with Crippen LogP contribution in [0.4, 0.5) is 0 Å². The van der Waals surface area contributed by atoms with Crippen molar-refractivity contribution in [2.75, 3.05) is 13.7 Å². The molecule has 1 N–H and O–H groups in total. The summed E-state index contributed by atoms with van der Waals surface area (Å²) < 4.78 is 5.41. The van der Waals surface area contributed by atoms with Crippen LogP contribution in [0.25, 0.3) is 0 Å². The number of nitrogens with one attached hydrogen (secondary N) is 1. The minimum Gasteiger partial charge on any atom is -0.496 e. The summed E-state index contributed by atoms with van der Waals surface area (Å²) in [5, 5.41) is 12.8. The maximum Gasteiger partial charge on any atom is 0.137 e. The lowest BCUT2D eigenvalue weighted by Gasteiger charge is -2.37. The van der Waals surface area contributed by atoms with Crippen molar-refractivity contribution in [3.05, 3.63) is 53.6 Å². The Kier molecular flexibility index (Phi) is 4.59. The van der Waals surface area contributed by atoms with E-state index in [1.165, 1.54) is 11.1 Å². The van der Waals surface area contributed by atoms with Crippen molar-refractivity contribution in [2.45, 2.75) is 31.3 Å². The Morgan fingerprint density at radius 3 is 3.04 bits per heavy atom. The molecule has 1 unspecified atom stereocenters. The van der Waals surface area contributed by atoms with E-state index in [4.69, 9.17) is 4.74 Å². The summed E-state index contributed by atoms with van der Waals surface area (Å²) >= 11 is 0. The molecule has 1 aromatic carbocycles. The SMILES string of the molecule is COc1ccccc1CCNC12CCCC=C1C=CC(C#N)=N2. The van der Waals surface area contributed by atoms with E-state index in [2.05, 4.69) is 28.5 Å². The van der Waals surface area contributed by atoms with Crippen LogP contribution in [0, 0.1) is 11.3 Å². The molecule has 0 aromatic heterocycles. The van der Waals surface area contributed by atoms with E-state index in [-0.39, 0.29) is 0 Å². The Hall–Kier alpha value is -2.38. The average Bonchev–Trinajstić information content (AvgIpc) is 2.61. The van der Waals surface area contributed by atoms with Crippen LogP contribution in [-0.2, 0) is 6.42 Å². The molecular formula is C19H21N3O. The first-order valence-corrected chi connectivity index (χ1v) is 8.03. The number of methoxy groups -OCH3 is 1. The number of benzene rings is 1. The molecule has 0 spiro atoms. The molecule has 0 bridgehead atoms. The molecule has 0 radical (unpaired) electrons. The van der Waals surface area contributed by atoms with E-state index in [0.717, 1.165) is 38.0 Å². The van der Waals surface area contributed by atoms with Gasteiger partial charge in [-0.2, -0.15) is 5.26 Å². The molecule has 118 valence electrons. The molecule has 0 saturated heterocycles. The molecule has 3 rings (SSSR count). The minimum absolute atomic E-state index is 0.430. The highest BCUT2D eigenvalue weighted by Gasteiger charge is 2.35. The zero-order valence-corrected chi connectivity index (χ0v) is 13.4. The molecule has 2 aliphatic rings. The molecule has 0 fully saturated rings. The second kappa shape index (κ2) is 6.80. The summed E-state index contributed by atoms with van der Waals surface area (Å²) in [7, 11) is 1.70. The fourth-order valence-corrected chi connectivity index (χ4v) is 3.27. The van der Waals surface area contributed by atoms with Crippen molar-refractivity contribution in [1.82, 2.24) is 5.32 Å². The van der Waals surface area contributed by atoms with Crippen molar-refractivity contribution >= 4 is 5.71 Å². The van der Waals surface area contributed by atoms with E-state index in [9.17, 15) is 5.26 Å². The number of rotatable bonds is 5. The number of aliphatic imine (C=N–C) groups is 1. The molecular weight excluding hydrogens is 286 g/mol. The number of nitriles is 1. The number of fused-ring (bicyclic) bond motifs is 1. The van der Waals surface area contributed by atoms with Crippen molar-refractivity contribution in [1.29, 1.82) is 5.26 Å². The molecule has 1 atom stereocenters. The van der Waals surface area contributed by atoms with E-state index >= 15 is 0 Å². The van der Waals surface area contributed by atoms with Crippen molar-refractivity contribution in [3.63, 3.8) is 0 Å². The molecule has 0 saturated carbocycles. The highest BCUT2D eigenvalue weighted by atomic mass is 16.5. The van der Waals surface area contributed by atoms with Gasteiger partial charge in [-0.15, -0.1) is 0 Å². The Labute approximate surface area is 137 Å². The molecule has 0 amide bonds. The maximum absolute atomic E-state index is 9.17. The molecule has 4 nitrogen and oxygen atoms in total. The van der Waals surface area contributed by atoms with Crippen LogP contribution >= 0.6 is 0 Å². The highest BCUT2D eigenvalue weighted by molar-refractivity contribution is 6.08. The summed E-state index contributed by atoms with van der Waals surface area (Å²) in [6.07, 6.45) is 10.0. The van der Waals surface area contributed by atoms with Gasteiger partial charge in [0.05, 0.1) is 7.11 Å². The fraction of sp³-hybridized carbons (Fsp3) is 0.368. The zero-order valence-electron chi connectivity index (χ0n) is 13.4. The lowest BCUT2D eigenvalue weighted by Crippen LogP contribution is -2.48. The predicted molar refractivity (Wildman–Crippen MR) is 91.6 cm³/mol. The smallest absolute Gasteiger partial charge is 0.137 e. The lowest BCUT2D eigenvalue weighted by molar-refractivity contribution is 0.353. The molecule has 1 aliphatic carbocycles. The number of ether oxygens (including phenoxy) is 1. The largest absolute Gasteiger partial charge is 0.496 e. The molecule has 23 heavy (non-hydrogen) atoms. The van der Waals surface area contributed by atoms with Gasteiger partial charge in [0.25, 0.3) is 0 Å². The number of dihydropyridines is 1.